The second-order valence-corrected chi connectivity index (χ2v) is 5.25. The van der Waals surface area contributed by atoms with E-state index in [1.165, 1.54) is 24.3 Å². The number of fused-ring (bicyclic) bond motifs is 1. The molecule has 24 heavy (non-hydrogen) atoms. The van der Waals surface area contributed by atoms with Crippen LogP contribution in [0.5, 0.6) is 11.5 Å². The summed E-state index contributed by atoms with van der Waals surface area (Å²) in [5, 5.41) is 9.34. The molecule has 1 aliphatic heterocycles. The average molecular weight is 334 g/mol. The number of alkyl halides is 3. The lowest BCUT2D eigenvalue weighted by molar-refractivity contribution is -0.274. The molecule has 0 fully saturated rings. The van der Waals surface area contributed by atoms with Gasteiger partial charge in [-0.15, -0.1) is 13.2 Å². The molecule has 124 valence electrons. The zero-order valence-corrected chi connectivity index (χ0v) is 12.5. The lowest BCUT2D eigenvalue weighted by Gasteiger charge is -2.14. The van der Waals surface area contributed by atoms with Crippen LogP contribution in [0.3, 0.4) is 0 Å². The summed E-state index contributed by atoms with van der Waals surface area (Å²) in [6, 6.07) is 9.43. The zero-order valence-electron chi connectivity index (χ0n) is 12.5. The van der Waals surface area contributed by atoms with Crippen molar-refractivity contribution in [1.29, 1.82) is 5.26 Å². The van der Waals surface area contributed by atoms with Crippen molar-refractivity contribution in [3.63, 3.8) is 0 Å². The van der Waals surface area contributed by atoms with Crippen molar-refractivity contribution in [3.8, 4) is 28.7 Å². The molecule has 2 aromatic rings. The molecule has 0 unspecified atom stereocenters. The summed E-state index contributed by atoms with van der Waals surface area (Å²) in [5.41, 5.74) is 9.10. The Balaban J connectivity index is 2.04. The topological polar surface area (TPSA) is 68.3 Å². The molecule has 3 rings (SSSR count). The van der Waals surface area contributed by atoms with E-state index in [4.69, 9.17) is 10.5 Å². The Labute approximate surface area is 136 Å². The number of halogens is 3. The van der Waals surface area contributed by atoms with Gasteiger partial charge in [-0.05, 0) is 29.3 Å². The number of ether oxygens (including phenoxy) is 2. The summed E-state index contributed by atoms with van der Waals surface area (Å²) in [4.78, 5) is 0. The van der Waals surface area contributed by atoms with E-state index in [0.717, 1.165) is 5.56 Å². The maximum absolute atomic E-state index is 12.2. The molecule has 0 saturated carbocycles. The van der Waals surface area contributed by atoms with E-state index in [0.29, 0.717) is 41.0 Å². The first-order chi connectivity index (χ1) is 11.4. The Morgan fingerprint density at radius 2 is 1.96 bits per heavy atom. The van der Waals surface area contributed by atoms with Crippen molar-refractivity contribution in [2.75, 3.05) is 6.61 Å². The van der Waals surface area contributed by atoms with Gasteiger partial charge in [-0.1, -0.05) is 12.1 Å². The molecule has 0 amide bonds. The van der Waals surface area contributed by atoms with Crippen molar-refractivity contribution < 1.29 is 22.6 Å². The van der Waals surface area contributed by atoms with Crippen molar-refractivity contribution in [3.05, 3.63) is 47.0 Å². The number of hydrogen-bond acceptors (Lipinski definition) is 4. The molecule has 2 aromatic carbocycles. The molecule has 0 bridgehead atoms. The summed E-state index contributed by atoms with van der Waals surface area (Å²) >= 11 is 0. The second-order valence-electron chi connectivity index (χ2n) is 5.25. The van der Waals surface area contributed by atoms with Gasteiger partial charge < -0.3 is 15.2 Å². The van der Waals surface area contributed by atoms with Gasteiger partial charge in [-0.25, -0.2) is 0 Å². The molecular formula is C17H13F3N2O2. The summed E-state index contributed by atoms with van der Waals surface area (Å²) in [6.45, 7) is 0.652. The predicted molar refractivity (Wildman–Crippen MR) is 80.4 cm³/mol. The number of nitrogens with two attached hydrogens (primary N) is 1. The number of nitrogens with zero attached hydrogens (tertiary/aromatic N) is 1. The van der Waals surface area contributed by atoms with Crippen LogP contribution < -0.4 is 15.2 Å². The fourth-order valence-electron chi connectivity index (χ4n) is 2.79. The fraction of sp³-hybridized carbons (Fsp3) is 0.235. The van der Waals surface area contributed by atoms with E-state index in [-0.39, 0.29) is 12.3 Å². The van der Waals surface area contributed by atoms with Crippen LogP contribution in [0.4, 0.5) is 13.2 Å². The molecule has 7 heteroatoms. The van der Waals surface area contributed by atoms with Crippen LogP contribution in [0.2, 0.25) is 0 Å². The average Bonchev–Trinajstić information content (AvgIpc) is 3.02. The molecule has 0 saturated heterocycles. The summed E-state index contributed by atoms with van der Waals surface area (Å²) < 4.78 is 46.2. The van der Waals surface area contributed by atoms with Gasteiger partial charge in [0.15, 0.2) is 0 Å². The Kier molecular flexibility index (Phi) is 4.08. The minimum absolute atomic E-state index is 0.193. The van der Waals surface area contributed by atoms with Gasteiger partial charge in [0.2, 0.25) is 0 Å². The molecule has 0 atom stereocenters. The summed E-state index contributed by atoms with van der Waals surface area (Å²) in [5.74, 6) is 0.296. The maximum Gasteiger partial charge on any atom is 0.573 e. The van der Waals surface area contributed by atoms with Gasteiger partial charge in [0, 0.05) is 24.1 Å². The monoisotopic (exact) mass is 334 g/mol. The Bertz CT molecular complexity index is 809. The highest BCUT2D eigenvalue weighted by Gasteiger charge is 2.31. The third kappa shape index (κ3) is 3.01. The first kappa shape index (κ1) is 16.1. The largest absolute Gasteiger partial charge is 0.573 e. The van der Waals surface area contributed by atoms with E-state index in [1.54, 1.807) is 6.07 Å². The smallest absolute Gasteiger partial charge is 0.492 e. The molecule has 0 radical (unpaired) electrons. The van der Waals surface area contributed by atoms with E-state index in [1.807, 2.05) is 0 Å². The minimum Gasteiger partial charge on any atom is -0.492 e. The number of hydrogen-bond donors (Lipinski definition) is 1. The SMILES string of the molecule is N#Cc1c(CN)cc(-c2ccc(OC(F)(F)F)cc2)c2c1CCO2. The number of nitriles is 1. The zero-order chi connectivity index (χ0) is 17.3. The fourth-order valence-corrected chi connectivity index (χ4v) is 2.79. The maximum atomic E-state index is 12.2. The van der Waals surface area contributed by atoms with E-state index in [2.05, 4.69) is 10.8 Å². The number of benzene rings is 2. The van der Waals surface area contributed by atoms with Gasteiger partial charge in [0.1, 0.15) is 11.5 Å². The highest BCUT2D eigenvalue weighted by atomic mass is 19.4. The van der Waals surface area contributed by atoms with E-state index < -0.39 is 6.36 Å². The molecular weight excluding hydrogens is 321 g/mol. The van der Waals surface area contributed by atoms with E-state index in [9.17, 15) is 18.4 Å². The van der Waals surface area contributed by atoms with Crippen LogP contribution in [0.15, 0.2) is 30.3 Å². The van der Waals surface area contributed by atoms with Crippen LogP contribution in [-0.4, -0.2) is 13.0 Å². The third-order valence-electron chi connectivity index (χ3n) is 3.79. The van der Waals surface area contributed by atoms with Gasteiger partial charge in [0.25, 0.3) is 0 Å². The van der Waals surface area contributed by atoms with Crippen LogP contribution in [0.1, 0.15) is 16.7 Å². The molecule has 1 heterocycles. The molecule has 0 aliphatic carbocycles. The summed E-state index contributed by atoms with van der Waals surface area (Å²) in [7, 11) is 0. The summed E-state index contributed by atoms with van der Waals surface area (Å²) in [6.07, 6.45) is -4.12. The molecule has 4 nitrogen and oxygen atoms in total. The highest BCUT2D eigenvalue weighted by Crippen LogP contribution is 2.41. The van der Waals surface area contributed by atoms with Crippen molar-refractivity contribution >= 4 is 0 Å². The van der Waals surface area contributed by atoms with Crippen molar-refractivity contribution in [1.82, 2.24) is 0 Å². The predicted octanol–water partition coefficient (Wildman–Crippen LogP) is 3.52. The van der Waals surface area contributed by atoms with Crippen molar-refractivity contribution in [2.45, 2.75) is 19.3 Å². The quantitative estimate of drug-likeness (QED) is 0.932. The van der Waals surface area contributed by atoms with E-state index >= 15 is 0 Å². The number of rotatable bonds is 3. The van der Waals surface area contributed by atoms with Gasteiger partial charge >= 0.3 is 6.36 Å². The Morgan fingerprint density at radius 1 is 1.25 bits per heavy atom. The van der Waals surface area contributed by atoms with Gasteiger partial charge in [-0.3, -0.25) is 0 Å². The van der Waals surface area contributed by atoms with Gasteiger partial charge in [-0.2, -0.15) is 5.26 Å². The molecule has 0 aromatic heterocycles. The lowest BCUT2D eigenvalue weighted by Crippen LogP contribution is -2.16. The van der Waals surface area contributed by atoms with Gasteiger partial charge in [0.05, 0.1) is 18.2 Å². The van der Waals surface area contributed by atoms with Crippen molar-refractivity contribution in [2.24, 2.45) is 5.73 Å². The molecule has 0 spiro atoms. The first-order valence-corrected chi connectivity index (χ1v) is 7.21. The van der Waals surface area contributed by atoms with Crippen LogP contribution in [0.25, 0.3) is 11.1 Å². The first-order valence-electron chi connectivity index (χ1n) is 7.21. The van der Waals surface area contributed by atoms with Crippen LogP contribution in [-0.2, 0) is 13.0 Å². The molecule has 2 N–H and O–H groups in total. The third-order valence-corrected chi connectivity index (χ3v) is 3.79. The minimum atomic E-state index is -4.73. The lowest BCUT2D eigenvalue weighted by atomic mass is 9.93. The highest BCUT2D eigenvalue weighted by molar-refractivity contribution is 5.76. The molecule has 1 aliphatic rings. The second kappa shape index (κ2) is 6.06. The Morgan fingerprint density at radius 3 is 2.54 bits per heavy atom. The van der Waals surface area contributed by atoms with Crippen LogP contribution >= 0.6 is 0 Å². The van der Waals surface area contributed by atoms with Crippen LogP contribution in [0, 0.1) is 11.3 Å². The Hall–Kier alpha value is -2.72. The normalized spacial score (nSPS) is 13.1. The standard InChI is InChI=1S/C17H13F3N2O2/c18-17(19,20)24-12-3-1-10(2-4-12)14-7-11(8-21)15(9-22)13-5-6-23-16(13)14/h1-4,7H,5-6,8,21H2.